The number of hydrogen-bond donors (Lipinski definition) is 0. The minimum absolute atomic E-state index is 0.113. The molecule has 0 spiro atoms. The summed E-state index contributed by atoms with van der Waals surface area (Å²) in [6.45, 7) is 4.75. The maximum Gasteiger partial charge on any atom is 0.160 e. The third-order valence-corrected chi connectivity index (χ3v) is 13.2. The lowest BCUT2D eigenvalue weighted by atomic mass is 9.81. The Hall–Kier alpha value is -8.01. The fourth-order valence-corrected chi connectivity index (χ4v) is 10.0. The van der Waals surface area contributed by atoms with Crippen LogP contribution in [0.1, 0.15) is 25.0 Å². The Kier molecular flexibility index (Phi) is 8.52. The Morgan fingerprint density at radius 3 is 1.62 bits per heavy atom. The van der Waals surface area contributed by atoms with Gasteiger partial charge in [0, 0.05) is 34.5 Å². The molecule has 0 unspecified atom stereocenters. The third-order valence-electron chi connectivity index (χ3n) is 13.2. The van der Waals surface area contributed by atoms with Crippen molar-refractivity contribution in [2.24, 2.45) is 0 Å². The van der Waals surface area contributed by atoms with Gasteiger partial charge in [-0.25, -0.2) is 9.97 Å². The highest BCUT2D eigenvalue weighted by molar-refractivity contribution is 6.12. The monoisotopic (exact) mass is 803 g/mol. The van der Waals surface area contributed by atoms with Crippen LogP contribution in [0.25, 0.3) is 111 Å². The molecule has 0 N–H and O–H groups in total. The van der Waals surface area contributed by atoms with E-state index >= 15 is 0 Å². The van der Waals surface area contributed by atoms with Crippen molar-refractivity contribution in [1.82, 2.24) is 15.0 Å². The second-order valence-corrected chi connectivity index (χ2v) is 17.2. The average molecular weight is 804 g/mol. The van der Waals surface area contributed by atoms with Crippen molar-refractivity contribution < 1.29 is 0 Å². The molecule has 9 aromatic carbocycles. The van der Waals surface area contributed by atoms with Crippen molar-refractivity contribution in [3.05, 3.63) is 224 Å². The second-order valence-electron chi connectivity index (χ2n) is 17.2. The molecule has 0 atom stereocenters. The zero-order chi connectivity index (χ0) is 42.1. The zero-order valence-electron chi connectivity index (χ0n) is 35.0. The number of benzene rings is 9. The van der Waals surface area contributed by atoms with Crippen LogP contribution in [0.5, 0.6) is 0 Å². The van der Waals surface area contributed by atoms with Crippen LogP contribution in [-0.4, -0.2) is 15.0 Å². The van der Waals surface area contributed by atoms with Crippen molar-refractivity contribution in [3.63, 3.8) is 0 Å². The third kappa shape index (κ3) is 6.07. The van der Waals surface area contributed by atoms with Crippen LogP contribution in [-0.2, 0) is 5.41 Å². The van der Waals surface area contributed by atoms with Crippen LogP contribution < -0.4 is 0 Å². The maximum atomic E-state index is 5.26. The Morgan fingerprint density at radius 2 is 0.905 bits per heavy atom. The second kappa shape index (κ2) is 14.6. The molecule has 0 bridgehead atoms. The number of hydrogen-bond acceptors (Lipinski definition) is 3. The summed E-state index contributed by atoms with van der Waals surface area (Å²) in [6.07, 6.45) is 3.70. The largest absolute Gasteiger partial charge is 0.264 e. The summed E-state index contributed by atoms with van der Waals surface area (Å²) in [7, 11) is 0. The molecule has 2 aromatic heterocycles. The molecule has 0 saturated carbocycles. The highest BCUT2D eigenvalue weighted by Crippen LogP contribution is 2.52. The Balaban J connectivity index is 0.973. The van der Waals surface area contributed by atoms with E-state index in [0.29, 0.717) is 5.82 Å². The summed E-state index contributed by atoms with van der Waals surface area (Å²) >= 11 is 0. The smallest absolute Gasteiger partial charge is 0.160 e. The first-order valence-corrected chi connectivity index (χ1v) is 21.7. The summed E-state index contributed by atoms with van der Waals surface area (Å²) < 4.78 is 0. The first-order chi connectivity index (χ1) is 31.0. The Bertz CT molecular complexity index is 3570. The minimum atomic E-state index is -0.113. The van der Waals surface area contributed by atoms with Gasteiger partial charge in [0.2, 0.25) is 0 Å². The van der Waals surface area contributed by atoms with Crippen LogP contribution in [0.3, 0.4) is 0 Å². The Morgan fingerprint density at radius 1 is 0.349 bits per heavy atom. The predicted molar refractivity (Wildman–Crippen MR) is 263 cm³/mol. The van der Waals surface area contributed by atoms with Gasteiger partial charge >= 0.3 is 0 Å². The first-order valence-electron chi connectivity index (χ1n) is 21.7. The molecule has 0 amide bonds. The van der Waals surface area contributed by atoms with E-state index in [2.05, 4.69) is 195 Å². The van der Waals surface area contributed by atoms with E-state index < -0.39 is 0 Å². The fourth-order valence-electron chi connectivity index (χ4n) is 10.0. The standard InChI is InChI=1S/C60H41N3/c1-60(2)54-33-27-39-13-6-7-17-45(39)58(54)53-28-26-42(35-55(53)60)44-29-30-50(47-19-9-8-18-46(44)47)51-31-32-52(49-21-11-10-20-48(49)51)57-36-56(62-59(63-57)41-14-4-3-5-15-41)40-24-22-38(23-25-40)43-16-12-34-61-37-43/h3-37H,1-2H3. The minimum Gasteiger partial charge on any atom is -0.264 e. The van der Waals surface area contributed by atoms with E-state index in [4.69, 9.17) is 9.97 Å². The SMILES string of the molecule is CC1(C)c2cc(-c3ccc(-c4ccc(-c5cc(-c6ccc(-c7cccnc7)cc6)nc(-c6ccccc6)n5)c5ccccc45)c4ccccc34)ccc2-c2c1ccc1ccccc21. The van der Waals surface area contributed by atoms with Crippen molar-refractivity contribution in [2.45, 2.75) is 19.3 Å². The Labute approximate surface area is 367 Å². The van der Waals surface area contributed by atoms with Gasteiger partial charge < -0.3 is 0 Å². The fraction of sp³-hybridized carbons (Fsp3) is 0.0500. The molecule has 1 aliphatic carbocycles. The molecule has 296 valence electrons. The average Bonchev–Trinajstić information content (AvgIpc) is 3.59. The summed E-state index contributed by atoms with van der Waals surface area (Å²) in [5.74, 6) is 0.696. The van der Waals surface area contributed by atoms with Gasteiger partial charge in [0.1, 0.15) is 0 Å². The van der Waals surface area contributed by atoms with Crippen LogP contribution >= 0.6 is 0 Å². The number of rotatable bonds is 6. The number of fused-ring (bicyclic) bond motifs is 7. The van der Waals surface area contributed by atoms with E-state index in [1.54, 1.807) is 6.20 Å². The number of aromatic nitrogens is 3. The van der Waals surface area contributed by atoms with E-state index in [-0.39, 0.29) is 5.41 Å². The molecule has 3 heteroatoms. The lowest BCUT2D eigenvalue weighted by molar-refractivity contribution is 0.661. The van der Waals surface area contributed by atoms with Crippen molar-refractivity contribution in [1.29, 1.82) is 0 Å². The number of nitrogens with zero attached hydrogens (tertiary/aromatic N) is 3. The molecule has 12 rings (SSSR count). The van der Waals surface area contributed by atoms with Gasteiger partial charge in [-0.15, -0.1) is 0 Å². The van der Waals surface area contributed by atoms with Crippen molar-refractivity contribution in [2.75, 3.05) is 0 Å². The van der Waals surface area contributed by atoms with Gasteiger partial charge in [-0.3, -0.25) is 4.98 Å². The molecule has 11 aromatic rings. The quantitative estimate of drug-likeness (QED) is 0.168. The summed E-state index contributed by atoms with van der Waals surface area (Å²) in [5.41, 5.74) is 17.3. The van der Waals surface area contributed by atoms with Gasteiger partial charge in [0.15, 0.2) is 5.82 Å². The molecule has 2 heterocycles. The normalized spacial score (nSPS) is 12.7. The lowest BCUT2D eigenvalue weighted by Crippen LogP contribution is -2.15. The summed E-state index contributed by atoms with van der Waals surface area (Å²) in [6, 6.07) is 72.4. The van der Waals surface area contributed by atoms with Crippen LogP contribution in [0, 0.1) is 0 Å². The van der Waals surface area contributed by atoms with E-state index in [1.165, 1.54) is 71.4 Å². The van der Waals surface area contributed by atoms with Gasteiger partial charge in [0.05, 0.1) is 11.4 Å². The van der Waals surface area contributed by atoms with Crippen LogP contribution in [0.4, 0.5) is 0 Å². The van der Waals surface area contributed by atoms with E-state index in [0.717, 1.165) is 44.6 Å². The van der Waals surface area contributed by atoms with Crippen LogP contribution in [0.15, 0.2) is 213 Å². The number of pyridine rings is 1. The van der Waals surface area contributed by atoms with Gasteiger partial charge in [0.25, 0.3) is 0 Å². The molecule has 0 aliphatic heterocycles. The molecule has 0 saturated heterocycles. The van der Waals surface area contributed by atoms with Crippen molar-refractivity contribution in [3.8, 4) is 78.4 Å². The molecule has 1 aliphatic rings. The van der Waals surface area contributed by atoms with Crippen molar-refractivity contribution >= 4 is 32.3 Å². The lowest BCUT2D eigenvalue weighted by Gasteiger charge is -2.22. The van der Waals surface area contributed by atoms with E-state index in [9.17, 15) is 0 Å². The molecule has 3 nitrogen and oxygen atoms in total. The zero-order valence-corrected chi connectivity index (χ0v) is 35.0. The highest BCUT2D eigenvalue weighted by Gasteiger charge is 2.36. The summed E-state index contributed by atoms with van der Waals surface area (Å²) in [4.78, 5) is 14.7. The molecule has 0 fully saturated rings. The molecule has 63 heavy (non-hydrogen) atoms. The maximum absolute atomic E-state index is 5.26. The highest BCUT2D eigenvalue weighted by atomic mass is 14.9. The first kappa shape index (κ1) is 36.8. The summed E-state index contributed by atoms with van der Waals surface area (Å²) in [5, 5.41) is 7.40. The van der Waals surface area contributed by atoms with E-state index in [1.807, 2.05) is 30.5 Å². The predicted octanol–water partition coefficient (Wildman–Crippen LogP) is 15.6. The van der Waals surface area contributed by atoms with Gasteiger partial charge in [-0.05, 0) is 106 Å². The van der Waals surface area contributed by atoms with Gasteiger partial charge in [-0.1, -0.05) is 196 Å². The topological polar surface area (TPSA) is 38.7 Å². The van der Waals surface area contributed by atoms with Gasteiger partial charge in [-0.2, -0.15) is 0 Å². The molecule has 0 radical (unpaired) electrons. The van der Waals surface area contributed by atoms with Crippen LogP contribution in [0.2, 0.25) is 0 Å². The molecular weight excluding hydrogens is 763 g/mol. The molecular formula is C60H41N3.